The third-order valence-corrected chi connectivity index (χ3v) is 5.05. The predicted molar refractivity (Wildman–Crippen MR) is 127 cm³/mol. The first-order chi connectivity index (χ1) is 15.9. The summed E-state index contributed by atoms with van der Waals surface area (Å²) in [7, 11) is 1.37. The molecule has 0 atom stereocenters. The maximum Gasteiger partial charge on any atom is 0.271 e. The highest BCUT2D eigenvalue weighted by Crippen LogP contribution is 2.29. The van der Waals surface area contributed by atoms with Gasteiger partial charge in [-0.25, -0.2) is 0 Å². The summed E-state index contributed by atoms with van der Waals surface area (Å²) in [5.41, 5.74) is 1.33. The van der Waals surface area contributed by atoms with Crippen LogP contribution in [-0.2, 0) is 11.4 Å². The van der Waals surface area contributed by atoms with E-state index in [1.807, 2.05) is 30.3 Å². The number of carbonyl (C=O) groups is 1. The Morgan fingerprint density at radius 1 is 1.15 bits per heavy atom. The summed E-state index contributed by atoms with van der Waals surface area (Å²) in [5, 5.41) is 23.0. The number of anilines is 1. The molecule has 0 bridgehead atoms. The lowest BCUT2D eigenvalue weighted by Crippen LogP contribution is -2.14. The number of non-ortho nitro benzene ring substituents is 1. The molecule has 33 heavy (non-hydrogen) atoms. The first kappa shape index (κ1) is 23.5. The van der Waals surface area contributed by atoms with Crippen molar-refractivity contribution in [3.8, 4) is 17.6 Å². The van der Waals surface area contributed by atoms with Crippen LogP contribution in [0.25, 0.3) is 6.08 Å². The molecule has 0 aliphatic heterocycles. The Morgan fingerprint density at radius 3 is 2.45 bits per heavy atom. The van der Waals surface area contributed by atoms with Crippen molar-refractivity contribution in [2.45, 2.75) is 6.61 Å². The van der Waals surface area contributed by atoms with Crippen molar-refractivity contribution in [3.05, 3.63) is 98.0 Å². The summed E-state index contributed by atoms with van der Waals surface area (Å²) in [6.07, 6.45) is 1.41. The monoisotopic (exact) mass is 507 g/mol. The van der Waals surface area contributed by atoms with Crippen LogP contribution in [0.15, 0.2) is 76.8 Å². The smallest absolute Gasteiger partial charge is 0.271 e. The maximum absolute atomic E-state index is 12.6. The van der Waals surface area contributed by atoms with Crippen LogP contribution in [0.3, 0.4) is 0 Å². The van der Waals surface area contributed by atoms with E-state index in [9.17, 15) is 20.2 Å². The van der Waals surface area contributed by atoms with E-state index in [1.165, 1.54) is 31.4 Å². The largest absolute Gasteiger partial charge is 0.495 e. The number of nitro groups is 1. The van der Waals surface area contributed by atoms with Gasteiger partial charge in [-0.05, 0) is 47.5 Å². The number of methoxy groups -OCH3 is 1. The summed E-state index contributed by atoms with van der Waals surface area (Å²) in [6, 6.07) is 20.3. The second kappa shape index (κ2) is 10.9. The lowest BCUT2D eigenvalue weighted by molar-refractivity contribution is -0.384. The molecule has 0 radical (unpaired) electrons. The quantitative estimate of drug-likeness (QED) is 0.186. The number of hydrogen-bond donors (Lipinski definition) is 1. The Kier molecular flexibility index (Phi) is 7.78. The summed E-state index contributed by atoms with van der Waals surface area (Å²) in [5.74, 6) is 0.157. The number of carbonyl (C=O) groups excluding carboxylic acids is 1. The summed E-state index contributed by atoms with van der Waals surface area (Å²) in [4.78, 5) is 23.0. The van der Waals surface area contributed by atoms with Crippen LogP contribution >= 0.6 is 15.9 Å². The lowest BCUT2D eigenvalue weighted by atomic mass is 10.1. The molecular formula is C24H18BrN3O5. The summed E-state index contributed by atoms with van der Waals surface area (Å²) < 4.78 is 11.9. The van der Waals surface area contributed by atoms with E-state index in [0.717, 1.165) is 10.0 Å². The SMILES string of the molecule is COc1ccc([N+](=O)[O-])cc1NC(=O)/C(C#N)=C/c1ccc(OCc2ccc(Br)cc2)cc1. The fraction of sp³-hybridized carbons (Fsp3) is 0.0833. The van der Waals surface area contributed by atoms with Crippen LogP contribution in [0.2, 0.25) is 0 Å². The number of rotatable bonds is 8. The predicted octanol–water partition coefficient (Wildman–Crippen LogP) is 5.49. The molecule has 8 nitrogen and oxygen atoms in total. The van der Waals surface area contributed by atoms with Gasteiger partial charge in [-0.15, -0.1) is 0 Å². The van der Waals surface area contributed by atoms with E-state index in [4.69, 9.17) is 9.47 Å². The molecule has 0 saturated carbocycles. The van der Waals surface area contributed by atoms with Gasteiger partial charge in [0.2, 0.25) is 0 Å². The Bertz CT molecular complexity index is 1230. The highest BCUT2D eigenvalue weighted by Gasteiger charge is 2.16. The maximum atomic E-state index is 12.6. The molecule has 0 spiro atoms. The number of amides is 1. The van der Waals surface area contributed by atoms with Crippen molar-refractivity contribution < 1.29 is 19.2 Å². The van der Waals surface area contributed by atoms with Crippen molar-refractivity contribution in [2.24, 2.45) is 0 Å². The Balaban J connectivity index is 1.70. The van der Waals surface area contributed by atoms with E-state index in [1.54, 1.807) is 24.3 Å². The Morgan fingerprint density at radius 2 is 1.85 bits per heavy atom. The number of nitriles is 1. The highest BCUT2D eigenvalue weighted by atomic mass is 79.9. The summed E-state index contributed by atoms with van der Waals surface area (Å²) in [6.45, 7) is 0.402. The zero-order chi connectivity index (χ0) is 23.8. The van der Waals surface area contributed by atoms with Crippen LogP contribution in [0.4, 0.5) is 11.4 Å². The van der Waals surface area contributed by atoms with Gasteiger partial charge in [-0.2, -0.15) is 5.26 Å². The van der Waals surface area contributed by atoms with Gasteiger partial charge in [0.15, 0.2) is 0 Å². The zero-order valence-electron chi connectivity index (χ0n) is 17.4. The standard InChI is InChI=1S/C24H18BrN3O5/c1-32-23-11-8-20(28(30)31)13-22(23)27-24(29)18(14-26)12-16-4-9-21(10-5-16)33-15-17-2-6-19(25)7-3-17/h2-13H,15H2,1H3,(H,27,29)/b18-12+. The van der Waals surface area contributed by atoms with Crippen LogP contribution in [-0.4, -0.2) is 17.9 Å². The minimum Gasteiger partial charge on any atom is -0.495 e. The molecule has 166 valence electrons. The number of nitrogens with zero attached hydrogens (tertiary/aromatic N) is 2. The van der Waals surface area contributed by atoms with Crippen LogP contribution in [0.5, 0.6) is 11.5 Å². The number of ether oxygens (including phenoxy) is 2. The van der Waals surface area contributed by atoms with E-state index < -0.39 is 10.8 Å². The number of hydrogen-bond acceptors (Lipinski definition) is 6. The molecule has 3 aromatic carbocycles. The van der Waals surface area contributed by atoms with E-state index in [0.29, 0.717) is 17.9 Å². The van der Waals surface area contributed by atoms with E-state index >= 15 is 0 Å². The first-order valence-corrected chi connectivity index (χ1v) is 10.4. The van der Waals surface area contributed by atoms with Crippen molar-refractivity contribution in [1.82, 2.24) is 0 Å². The number of nitrogens with one attached hydrogen (secondary N) is 1. The van der Waals surface area contributed by atoms with Gasteiger partial charge in [0, 0.05) is 16.6 Å². The average Bonchev–Trinajstić information content (AvgIpc) is 2.82. The molecule has 0 fully saturated rings. The Labute approximate surface area is 198 Å². The van der Waals surface area contributed by atoms with Gasteiger partial charge < -0.3 is 14.8 Å². The van der Waals surface area contributed by atoms with Crippen LogP contribution in [0, 0.1) is 21.4 Å². The number of nitro benzene ring substituents is 1. The number of halogens is 1. The van der Waals surface area contributed by atoms with E-state index in [-0.39, 0.29) is 22.7 Å². The molecule has 0 unspecified atom stereocenters. The van der Waals surface area contributed by atoms with Crippen molar-refractivity contribution in [1.29, 1.82) is 5.26 Å². The fourth-order valence-corrected chi connectivity index (χ4v) is 3.08. The molecule has 1 amide bonds. The molecule has 0 heterocycles. The fourth-order valence-electron chi connectivity index (χ4n) is 2.82. The zero-order valence-corrected chi connectivity index (χ0v) is 19.0. The van der Waals surface area contributed by atoms with Gasteiger partial charge in [0.05, 0.1) is 17.7 Å². The molecule has 0 aliphatic rings. The van der Waals surface area contributed by atoms with Crippen molar-refractivity contribution in [2.75, 3.05) is 12.4 Å². The highest BCUT2D eigenvalue weighted by molar-refractivity contribution is 9.10. The molecule has 0 saturated heterocycles. The normalized spacial score (nSPS) is 10.8. The molecule has 3 aromatic rings. The topological polar surface area (TPSA) is 114 Å². The van der Waals surface area contributed by atoms with Crippen LogP contribution in [0.1, 0.15) is 11.1 Å². The van der Waals surface area contributed by atoms with Gasteiger partial charge in [0.25, 0.3) is 11.6 Å². The molecule has 1 N–H and O–H groups in total. The van der Waals surface area contributed by atoms with Gasteiger partial charge >= 0.3 is 0 Å². The second-order valence-electron chi connectivity index (χ2n) is 6.75. The Hall–Kier alpha value is -4.16. The molecular weight excluding hydrogens is 490 g/mol. The van der Waals surface area contributed by atoms with Gasteiger partial charge in [-0.3, -0.25) is 14.9 Å². The molecule has 0 aromatic heterocycles. The van der Waals surface area contributed by atoms with Gasteiger partial charge in [0.1, 0.15) is 29.7 Å². The minimum atomic E-state index is -0.716. The van der Waals surface area contributed by atoms with Crippen molar-refractivity contribution >= 4 is 39.3 Å². The first-order valence-electron chi connectivity index (χ1n) is 9.62. The number of benzene rings is 3. The molecule has 0 aliphatic carbocycles. The molecule has 3 rings (SSSR count). The average molecular weight is 508 g/mol. The van der Waals surface area contributed by atoms with Crippen molar-refractivity contribution in [3.63, 3.8) is 0 Å². The third-order valence-electron chi connectivity index (χ3n) is 4.52. The lowest BCUT2D eigenvalue weighted by Gasteiger charge is -2.10. The third kappa shape index (κ3) is 6.41. The van der Waals surface area contributed by atoms with E-state index in [2.05, 4.69) is 21.2 Å². The molecule has 9 heteroatoms. The van der Waals surface area contributed by atoms with Gasteiger partial charge in [-0.1, -0.05) is 40.2 Å². The second-order valence-corrected chi connectivity index (χ2v) is 7.67. The van der Waals surface area contributed by atoms with Crippen LogP contribution < -0.4 is 14.8 Å². The summed E-state index contributed by atoms with van der Waals surface area (Å²) >= 11 is 3.39. The minimum absolute atomic E-state index is 0.0922.